The van der Waals surface area contributed by atoms with Gasteiger partial charge in [0.05, 0.1) is 17.8 Å². The van der Waals surface area contributed by atoms with Crippen LogP contribution in [0.4, 0.5) is 15.8 Å². The van der Waals surface area contributed by atoms with Gasteiger partial charge >= 0.3 is 0 Å². The maximum Gasteiger partial charge on any atom is 0.257 e. The topological polar surface area (TPSA) is 131 Å². The summed E-state index contributed by atoms with van der Waals surface area (Å²) in [6, 6.07) is 21.3. The van der Waals surface area contributed by atoms with Gasteiger partial charge in [0, 0.05) is 79.6 Å². The fourth-order valence-electron chi connectivity index (χ4n) is 6.13. The first kappa shape index (κ1) is 29.5. The number of anilines is 2. The van der Waals surface area contributed by atoms with E-state index in [1.165, 1.54) is 12.1 Å². The Morgan fingerprint density at radius 3 is 2.37 bits per heavy atom. The summed E-state index contributed by atoms with van der Waals surface area (Å²) in [6.07, 6.45) is 3.67. The number of carbonyl (C=O) groups is 2. The highest BCUT2D eigenvalue weighted by Crippen LogP contribution is 2.30. The van der Waals surface area contributed by atoms with E-state index in [-0.39, 0.29) is 31.2 Å². The van der Waals surface area contributed by atoms with Crippen molar-refractivity contribution >= 4 is 34.1 Å². The molecule has 11 nitrogen and oxygen atoms in total. The quantitative estimate of drug-likeness (QED) is 0.252. The van der Waals surface area contributed by atoms with E-state index < -0.39 is 11.5 Å². The van der Waals surface area contributed by atoms with Crippen molar-refractivity contribution in [3.63, 3.8) is 0 Å². The van der Waals surface area contributed by atoms with Crippen LogP contribution < -0.4 is 10.2 Å². The maximum absolute atomic E-state index is 13.4. The van der Waals surface area contributed by atoms with E-state index in [4.69, 9.17) is 0 Å². The third-order valence-corrected chi connectivity index (χ3v) is 8.74. The molecule has 234 valence electrons. The first-order valence-corrected chi connectivity index (χ1v) is 15.3. The Morgan fingerprint density at radius 2 is 1.63 bits per heavy atom. The van der Waals surface area contributed by atoms with Crippen molar-refractivity contribution < 1.29 is 19.1 Å². The number of aliphatic hydroxyl groups is 1. The summed E-state index contributed by atoms with van der Waals surface area (Å²) in [6.45, 7) is 3.25. The van der Waals surface area contributed by atoms with Gasteiger partial charge in [-0.3, -0.25) is 19.6 Å². The van der Waals surface area contributed by atoms with E-state index in [2.05, 4.69) is 42.5 Å². The normalized spacial score (nSPS) is 18.7. The lowest BCUT2D eigenvalue weighted by molar-refractivity contribution is -0.135. The van der Waals surface area contributed by atoms with E-state index in [1.54, 1.807) is 48.8 Å². The number of piperazine rings is 1. The van der Waals surface area contributed by atoms with Gasteiger partial charge in [-0.2, -0.15) is 5.10 Å². The van der Waals surface area contributed by atoms with E-state index in [1.807, 2.05) is 21.9 Å². The Hall–Kier alpha value is -5.20. The number of carbonyl (C=O) groups excluding carboxylic acids is 2. The number of likely N-dealkylation sites (tertiary alicyclic amines) is 1. The third kappa shape index (κ3) is 6.04. The zero-order valence-corrected chi connectivity index (χ0v) is 25.1. The first-order valence-electron chi connectivity index (χ1n) is 15.3. The summed E-state index contributed by atoms with van der Waals surface area (Å²) in [5.74, 6) is -0.187. The maximum atomic E-state index is 13.4. The predicted molar refractivity (Wildman–Crippen MR) is 172 cm³/mol. The van der Waals surface area contributed by atoms with Crippen LogP contribution in [0, 0.1) is 5.82 Å². The smallest absolute Gasteiger partial charge is 0.257 e. The molecule has 0 saturated carbocycles. The lowest BCUT2D eigenvalue weighted by atomic mass is 10.0. The summed E-state index contributed by atoms with van der Waals surface area (Å²) in [4.78, 5) is 41.0. The summed E-state index contributed by atoms with van der Waals surface area (Å²) in [5.41, 5.74) is 3.05. The number of β-amino-alcohol motifs (C(OH)–C–C–N with tert-alkyl or cyclic N) is 1. The number of aromatic nitrogens is 4. The third-order valence-electron chi connectivity index (χ3n) is 8.74. The molecule has 2 fully saturated rings. The average molecular weight is 621 g/mol. The molecule has 0 bridgehead atoms. The SMILES string of the molecule is O=C(CN1CCC(O)(C(=O)Nc2ccc3[nH]nc(-c4ccc(F)cc4)c3c2)C1)N1CCN(c2ccc(-c3ncccn3)cc2)CC1. The highest BCUT2D eigenvalue weighted by Gasteiger charge is 2.43. The van der Waals surface area contributed by atoms with E-state index in [9.17, 15) is 19.1 Å². The second-order valence-electron chi connectivity index (χ2n) is 11.8. The molecule has 0 radical (unpaired) electrons. The molecule has 3 aromatic carbocycles. The van der Waals surface area contributed by atoms with Crippen LogP contribution in [-0.4, -0.2) is 98.3 Å². The highest BCUT2D eigenvalue weighted by molar-refractivity contribution is 6.01. The van der Waals surface area contributed by atoms with Crippen molar-refractivity contribution in [2.45, 2.75) is 12.0 Å². The Morgan fingerprint density at radius 1 is 0.913 bits per heavy atom. The van der Waals surface area contributed by atoms with E-state index in [0.29, 0.717) is 49.9 Å². The van der Waals surface area contributed by atoms with E-state index >= 15 is 0 Å². The lowest BCUT2D eigenvalue weighted by Gasteiger charge is -2.36. The van der Waals surface area contributed by atoms with Gasteiger partial charge in [0.1, 0.15) is 5.82 Å². The number of nitrogens with zero attached hydrogens (tertiary/aromatic N) is 6. The molecule has 0 aliphatic carbocycles. The number of benzene rings is 3. The van der Waals surface area contributed by atoms with Crippen molar-refractivity contribution in [3.8, 4) is 22.6 Å². The molecule has 2 aromatic heterocycles. The largest absolute Gasteiger partial charge is 0.379 e. The number of fused-ring (bicyclic) bond motifs is 1. The van der Waals surface area contributed by atoms with Gasteiger partial charge in [-0.15, -0.1) is 0 Å². The minimum Gasteiger partial charge on any atom is -0.379 e. The van der Waals surface area contributed by atoms with Gasteiger partial charge in [-0.1, -0.05) is 0 Å². The van der Waals surface area contributed by atoms with Gasteiger partial charge in [-0.05, 0) is 79.2 Å². The first-order chi connectivity index (χ1) is 22.3. The molecule has 2 aliphatic heterocycles. The highest BCUT2D eigenvalue weighted by atomic mass is 19.1. The van der Waals surface area contributed by atoms with Gasteiger partial charge in [0.25, 0.3) is 5.91 Å². The predicted octanol–water partition coefficient (Wildman–Crippen LogP) is 3.55. The number of hydrogen-bond donors (Lipinski definition) is 3. The van der Waals surface area contributed by atoms with E-state index in [0.717, 1.165) is 27.7 Å². The van der Waals surface area contributed by atoms with Crippen LogP contribution in [0.3, 0.4) is 0 Å². The van der Waals surface area contributed by atoms with Crippen molar-refractivity contribution in [2.24, 2.45) is 0 Å². The molecule has 0 spiro atoms. The number of nitrogens with one attached hydrogen (secondary N) is 2. The molecule has 5 aromatic rings. The minimum absolute atomic E-state index is 0.0142. The molecule has 12 heteroatoms. The molecular weight excluding hydrogens is 587 g/mol. The van der Waals surface area contributed by atoms with Crippen LogP contribution >= 0.6 is 0 Å². The summed E-state index contributed by atoms with van der Waals surface area (Å²) in [7, 11) is 0. The number of hydrogen-bond acceptors (Lipinski definition) is 8. The molecule has 7 rings (SSSR count). The van der Waals surface area contributed by atoms with Gasteiger partial charge in [-0.25, -0.2) is 14.4 Å². The Balaban J connectivity index is 0.921. The minimum atomic E-state index is -1.62. The fraction of sp³-hybridized carbons (Fsp3) is 0.265. The van der Waals surface area contributed by atoms with Crippen molar-refractivity contribution in [1.29, 1.82) is 0 Å². The second-order valence-corrected chi connectivity index (χ2v) is 11.8. The molecule has 2 amide bonds. The Labute approximate surface area is 264 Å². The molecule has 1 unspecified atom stereocenters. The summed E-state index contributed by atoms with van der Waals surface area (Å²) >= 11 is 0. The van der Waals surface area contributed by atoms with Gasteiger partial charge in [0.2, 0.25) is 5.91 Å². The van der Waals surface area contributed by atoms with Crippen LogP contribution in [0.5, 0.6) is 0 Å². The number of halogens is 1. The van der Waals surface area contributed by atoms with Crippen LogP contribution in [0.15, 0.2) is 85.2 Å². The van der Waals surface area contributed by atoms with Crippen molar-refractivity contribution in [2.75, 3.05) is 56.0 Å². The molecule has 46 heavy (non-hydrogen) atoms. The average Bonchev–Trinajstić information content (AvgIpc) is 3.69. The molecule has 2 aliphatic rings. The molecule has 4 heterocycles. The van der Waals surface area contributed by atoms with Gasteiger partial charge < -0.3 is 20.2 Å². The Kier molecular flexibility index (Phi) is 7.89. The van der Waals surface area contributed by atoms with Crippen molar-refractivity contribution in [3.05, 3.63) is 91.0 Å². The summed E-state index contributed by atoms with van der Waals surface area (Å²) in [5, 5.41) is 22.2. The van der Waals surface area contributed by atoms with Crippen LogP contribution in [0.1, 0.15) is 6.42 Å². The zero-order chi connectivity index (χ0) is 31.7. The molecular formula is C34H33FN8O3. The molecule has 3 N–H and O–H groups in total. The lowest BCUT2D eigenvalue weighted by Crippen LogP contribution is -2.52. The molecule has 2 saturated heterocycles. The standard InChI is InChI=1S/C34H33FN8O3/c35-25-6-2-23(3-7-25)31-28-20-26(8-11-29(28)39-40-31)38-33(45)34(46)12-15-41(22-34)21-30(44)43-18-16-42(17-19-43)27-9-4-24(5-10-27)32-36-13-1-14-37-32/h1-11,13-14,20,46H,12,15-19,21-22H2,(H,38,45)(H,39,40). The number of amides is 2. The number of aromatic amines is 1. The van der Waals surface area contributed by atoms with Crippen molar-refractivity contribution in [1.82, 2.24) is 30.0 Å². The zero-order valence-electron chi connectivity index (χ0n) is 25.1. The van der Waals surface area contributed by atoms with Crippen LogP contribution in [0.2, 0.25) is 0 Å². The monoisotopic (exact) mass is 620 g/mol. The summed E-state index contributed by atoms with van der Waals surface area (Å²) < 4.78 is 13.4. The Bertz CT molecular complexity index is 1860. The van der Waals surface area contributed by atoms with Crippen LogP contribution in [0.25, 0.3) is 33.5 Å². The number of rotatable bonds is 7. The molecule has 1 atom stereocenters. The van der Waals surface area contributed by atoms with Gasteiger partial charge in [0.15, 0.2) is 11.4 Å². The fourth-order valence-corrected chi connectivity index (χ4v) is 6.13. The second kappa shape index (κ2) is 12.3. The van der Waals surface area contributed by atoms with Crippen LogP contribution in [-0.2, 0) is 9.59 Å². The number of H-pyrrole nitrogens is 1.